The zero-order valence-electron chi connectivity index (χ0n) is 12.2. The third kappa shape index (κ3) is 9.24. The van der Waals surface area contributed by atoms with Gasteiger partial charge in [-0.15, -0.1) is 0 Å². The van der Waals surface area contributed by atoms with Gasteiger partial charge in [-0.3, -0.25) is 0 Å². The van der Waals surface area contributed by atoms with Gasteiger partial charge in [0.15, 0.2) is 0 Å². The van der Waals surface area contributed by atoms with E-state index in [9.17, 15) is 9.90 Å². The summed E-state index contributed by atoms with van der Waals surface area (Å²) in [6.45, 7) is 11.0. The Morgan fingerprint density at radius 2 is 1.78 bits per heavy atom. The summed E-state index contributed by atoms with van der Waals surface area (Å²) >= 11 is 0. The summed E-state index contributed by atoms with van der Waals surface area (Å²) in [6.07, 6.45) is -1.17. The van der Waals surface area contributed by atoms with Gasteiger partial charge in [0.25, 0.3) is 0 Å². The van der Waals surface area contributed by atoms with Crippen molar-refractivity contribution in [3.05, 3.63) is 0 Å². The Labute approximate surface area is 109 Å². The molecule has 5 nitrogen and oxygen atoms in total. The predicted octanol–water partition coefficient (Wildman–Crippen LogP) is 2.50. The minimum Gasteiger partial charge on any atom is -0.429 e. The Morgan fingerprint density at radius 1 is 1.22 bits per heavy atom. The second-order valence-corrected chi connectivity index (χ2v) is 5.48. The van der Waals surface area contributed by atoms with Crippen molar-refractivity contribution in [1.82, 2.24) is 0 Å². The summed E-state index contributed by atoms with van der Waals surface area (Å²) in [5.74, 6) is 0. The van der Waals surface area contributed by atoms with Crippen molar-refractivity contribution in [3.63, 3.8) is 0 Å². The number of aliphatic hydroxyl groups excluding tert-OH is 1. The first-order valence-corrected chi connectivity index (χ1v) is 6.31. The van der Waals surface area contributed by atoms with Gasteiger partial charge in [-0.1, -0.05) is 0 Å². The first kappa shape index (κ1) is 17.2. The van der Waals surface area contributed by atoms with Gasteiger partial charge in [-0.05, 0) is 41.5 Å². The first-order chi connectivity index (χ1) is 8.12. The molecule has 0 spiro atoms. The van der Waals surface area contributed by atoms with Gasteiger partial charge < -0.3 is 19.3 Å². The molecule has 0 heterocycles. The lowest BCUT2D eigenvalue weighted by molar-refractivity contribution is -0.0655. The van der Waals surface area contributed by atoms with Crippen molar-refractivity contribution < 1.29 is 24.1 Å². The Bertz CT molecular complexity index is 248. The van der Waals surface area contributed by atoms with Crippen LogP contribution in [0.4, 0.5) is 4.79 Å². The summed E-state index contributed by atoms with van der Waals surface area (Å²) in [5, 5.41) is 9.28. The van der Waals surface area contributed by atoms with Crippen LogP contribution in [0.15, 0.2) is 0 Å². The quantitative estimate of drug-likeness (QED) is 0.714. The molecule has 0 radical (unpaired) electrons. The maximum absolute atomic E-state index is 11.5. The van der Waals surface area contributed by atoms with E-state index in [0.717, 1.165) is 0 Å². The Kier molecular flexibility index (Phi) is 7.25. The van der Waals surface area contributed by atoms with Crippen LogP contribution in [0.5, 0.6) is 0 Å². The van der Waals surface area contributed by atoms with E-state index in [1.807, 2.05) is 13.8 Å². The van der Waals surface area contributed by atoms with E-state index in [1.165, 1.54) is 0 Å². The average Bonchev–Trinajstić information content (AvgIpc) is 2.10. The highest BCUT2D eigenvalue weighted by Crippen LogP contribution is 2.18. The standard InChI is InChI=1S/C13H26O5/c1-9(2)16-8-11(4)17-12(15)18-13(5,6)7-10(3)14/h9-11,14H,7-8H2,1-6H3. The lowest BCUT2D eigenvalue weighted by Crippen LogP contribution is -2.33. The number of rotatable bonds is 7. The number of hydrogen-bond donors (Lipinski definition) is 1. The molecule has 1 N–H and O–H groups in total. The van der Waals surface area contributed by atoms with Crippen LogP contribution in [-0.2, 0) is 14.2 Å². The molecule has 2 unspecified atom stereocenters. The highest BCUT2D eigenvalue weighted by atomic mass is 16.7. The van der Waals surface area contributed by atoms with Crippen LogP contribution >= 0.6 is 0 Å². The third-order valence-corrected chi connectivity index (χ3v) is 2.11. The monoisotopic (exact) mass is 262 g/mol. The van der Waals surface area contributed by atoms with Gasteiger partial charge in [0.05, 0.1) is 18.8 Å². The summed E-state index contributed by atoms with van der Waals surface area (Å²) in [4.78, 5) is 11.5. The summed E-state index contributed by atoms with van der Waals surface area (Å²) in [5.41, 5.74) is -0.746. The fourth-order valence-corrected chi connectivity index (χ4v) is 1.53. The normalized spacial score (nSPS) is 15.3. The minimum absolute atomic E-state index is 0.0961. The molecule has 0 fully saturated rings. The van der Waals surface area contributed by atoms with Crippen LogP contribution in [-0.4, -0.2) is 41.8 Å². The van der Waals surface area contributed by atoms with Gasteiger partial charge >= 0.3 is 6.16 Å². The topological polar surface area (TPSA) is 65.0 Å². The second kappa shape index (κ2) is 7.59. The van der Waals surface area contributed by atoms with Crippen LogP contribution in [0.2, 0.25) is 0 Å². The molecule has 18 heavy (non-hydrogen) atoms. The molecule has 0 bridgehead atoms. The zero-order chi connectivity index (χ0) is 14.3. The van der Waals surface area contributed by atoms with Gasteiger partial charge in [0.1, 0.15) is 11.7 Å². The van der Waals surface area contributed by atoms with E-state index < -0.39 is 17.9 Å². The lowest BCUT2D eigenvalue weighted by atomic mass is 10.0. The summed E-state index contributed by atoms with van der Waals surface area (Å²) in [6, 6.07) is 0. The van der Waals surface area contributed by atoms with Crippen LogP contribution < -0.4 is 0 Å². The maximum Gasteiger partial charge on any atom is 0.509 e. The molecule has 0 aromatic carbocycles. The van der Waals surface area contributed by atoms with E-state index in [2.05, 4.69) is 0 Å². The molecular formula is C13H26O5. The molecule has 0 aliphatic carbocycles. The highest BCUT2D eigenvalue weighted by Gasteiger charge is 2.26. The number of carbonyl (C=O) groups is 1. The van der Waals surface area contributed by atoms with E-state index in [1.54, 1.807) is 27.7 Å². The molecule has 0 saturated carbocycles. The number of hydrogen-bond acceptors (Lipinski definition) is 5. The zero-order valence-corrected chi connectivity index (χ0v) is 12.2. The predicted molar refractivity (Wildman–Crippen MR) is 68.5 cm³/mol. The van der Waals surface area contributed by atoms with E-state index in [0.29, 0.717) is 13.0 Å². The number of ether oxygens (including phenoxy) is 3. The number of carbonyl (C=O) groups excluding carboxylic acids is 1. The SMILES string of the molecule is CC(O)CC(C)(C)OC(=O)OC(C)COC(C)C. The van der Waals surface area contributed by atoms with E-state index in [-0.39, 0.29) is 12.2 Å². The Hall–Kier alpha value is -0.810. The Morgan fingerprint density at radius 3 is 2.22 bits per heavy atom. The third-order valence-electron chi connectivity index (χ3n) is 2.11. The van der Waals surface area contributed by atoms with Crippen LogP contribution in [0, 0.1) is 0 Å². The van der Waals surface area contributed by atoms with E-state index in [4.69, 9.17) is 14.2 Å². The molecule has 0 amide bonds. The molecule has 108 valence electrons. The van der Waals surface area contributed by atoms with Crippen molar-refractivity contribution in [2.24, 2.45) is 0 Å². The maximum atomic E-state index is 11.5. The van der Waals surface area contributed by atoms with Gasteiger partial charge in [0.2, 0.25) is 0 Å². The highest BCUT2D eigenvalue weighted by molar-refractivity contribution is 5.60. The van der Waals surface area contributed by atoms with E-state index >= 15 is 0 Å². The molecule has 0 saturated heterocycles. The van der Waals surface area contributed by atoms with Crippen molar-refractivity contribution in [2.45, 2.75) is 71.9 Å². The molecule has 0 rings (SSSR count). The van der Waals surface area contributed by atoms with Crippen LogP contribution in [0.3, 0.4) is 0 Å². The van der Waals surface area contributed by atoms with Crippen molar-refractivity contribution in [1.29, 1.82) is 0 Å². The fourth-order valence-electron chi connectivity index (χ4n) is 1.53. The first-order valence-electron chi connectivity index (χ1n) is 6.31. The fraction of sp³-hybridized carbons (Fsp3) is 0.923. The largest absolute Gasteiger partial charge is 0.509 e. The molecule has 0 aliphatic heterocycles. The Balaban J connectivity index is 4.02. The van der Waals surface area contributed by atoms with Crippen LogP contribution in [0.25, 0.3) is 0 Å². The smallest absolute Gasteiger partial charge is 0.429 e. The lowest BCUT2D eigenvalue weighted by Gasteiger charge is -2.26. The molecule has 0 aromatic heterocycles. The van der Waals surface area contributed by atoms with Gasteiger partial charge in [0, 0.05) is 6.42 Å². The molecule has 0 aliphatic rings. The molecular weight excluding hydrogens is 236 g/mol. The average molecular weight is 262 g/mol. The van der Waals surface area contributed by atoms with Gasteiger partial charge in [-0.25, -0.2) is 4.79 Å². The molecule has 5 heteroatoms. The minimum atomic E-state index is -0.746. The van der Waals surface area contributed by atoms with Crippen molar-refractivity contribution in [3.8, 4) is 0 Å². The number of aliphatic hydroxyl groups is 1. The van der Waals surface area contributed by atoms with Crippen LogP contribution in [0.1, 0.15) is 48.0 Å². The molecule has 2 atom stereocenters. The second-order valence-electron chi connectivity index (χ2n) is 5.48. The van der Waals surface area contributed by atoms with Crippen molar-refractivity contribution in [2.75, 3.05) is 6.61 Å². The molecule has 0 aromatic rings. The summed E-state index contributed by atoms with van der Waals surface area (Å²) < 4.78 is 15.5. The van der Waals surface area contributed by atoms with Gasteiger partial charge in [-0.2, -0.15) is 0 Å². The summed E-state index contributed by atoms with van der Waals surface area (Å²) in [7, 11) is 0. The van der Waals surface area contributed by atoms with Crippen molar-refractivity contribution >= 4 is 6.16 Å².